The molecule has 0 saturated carbocycles. The summed E-state index contributed by atoms with van der Waals surface area (Å²) in [5, 5.41) is 9.29. The Morgan fingerprint density at radius 2 is 2.00 bits per heavy atom. The molecule has 3 nitrogen and oxygen atoms in total. The Balaban J connectivity index is 2.59. The van der Waals surface area contributed by atoms with Gasteiger partial charge in [0.05, 0.1) is 11.3 Å². The number of pyridine rings is 1. The monoisotopic (exact) mass is 235 g/mol. The van der Waals surface area contributed by atoms with Crippen molar-refractivity contribution in [2.75, 3.05) is 0 Å². The molecular formula is C15H13N3. The highest BCUT2D eigenvalue weighted by atomic mass is 14.6. The standard InChI is InChI=1S/C15H13N3/c1-11-5-2-3-7-13(11)15(17)14(9-16)12-6-4-8-18-10-12/h2-8,10H,17H2,1H3/b15-14+. The van der Waals surface area contributed by atoms with E-state index in [1.54, 1.807) is 18.5 Å². The summed E-state index contributed by atoms with van der Waals surface area (Å²) < 4.78 is 0. The van der Waals surface area contributed by atoms with Crippen LogP contribution >= 0.6 is 0 Å². The van der Waals surface area contributed by atoms with Crippen LogP contribution in [0.2, 0.25) is 0 Å². The van der Waals surface area contributed by atoms with Crippen LogP contribution < -0.4 is 5.73 Å². The summed E-state index contributed by atoms with van der Waals surface area (Å²) in [5.41, 5.74) is 9.73. The topological polar surface area (TPSA) is 62.7 Å². The number of allylic oxidation sites excluding steroid dienone is 1. The van der Waals surface area contributed by atoms with E-state index in [1.165, 1.54) is 0 Å². The van der Waals surface area contributed by atoms with E-state index >= 15 is 0 Å². The van der Waals surface area contributed by atoms with Crippen LogP contribution in [0, 0.1) is 18.3 Å². The lowest BCUT2D eigenvalue weighted by atomic mass is 9.99. The zero-order chi connectivity index (χ0) is 13.0. The van der Waals surface area contributed by atoms with Crippen molar-refractivity contribution in [3.05, 3.63) is 65.5 Å². The van der Waals surface area contributed by atoms with Crippen LogP contribution in [0.1, 0.15) is 16.7 Å². The Kier molecular flexibility index (Phi) is 3.40. The van der Waals surface area contributed by atoms with Gasteiger partial charge in [0.1, 0.15) is 6.07 Å². The van der Waals surface area contributed by atoms with Gasteiger partial charge in [-0.1, -0.05) is 30.3 Å². The Labute approximate surface area is 106 Å². The van der Waals surface area contributed by atoms with Gasteiger partial charge in [-0.2, -0.15) is 5.26 Å². The highest BCUT2D eigenvalue weighted by Crippen LogP contribution is 2.23. The number of nitriles is 1. The largest absolute Gasteiger partial charge is 0.397 e. The van der Waals surface area contributed by atoms with Gasteiger partial charge in [0.15, 0.2) is 0 Å². The number of nitrogens with zero attached hydrogens (tertiary/aromatic N) is 2. The minimum absolute atomic E-state index is 0.456. The molecule has 1 aromatic carbocycles. The number of hydrogen-bond acceptors (Lipinski definition) is 3. The number of aromatic nitrogens is 1. The van der Waals surface area contributed by atoms with Crippen molar-refractivity contribution in [1.82, 2.24) is 4.98 Å². The first-order valence-electron chi connectivity index (χ1n) is 5.60. The Morgan fingerprint density at radius 3 is 2.61 bits per heavy atom. The summed E-state index contributed by atoms with van der Waals surface area (Å²) in [6.07, 6.45) is 3.31. The zero-order valence-corrected chi connectivity index (χ0v) is 10.1. The van der Waals surface area contributed by atoms with Gasteiger partial charge in [-0.3, -0.25) is 4.98 Å². The normalized spacial score (nSPS) is 11.6. The average molecular weight is 235 g/mol. The maximum Gasteiger partial charge on any atom is 0.102 e. The number of hydrogen-bond donors (Lipinski definition) is 1. The third-order valence-electron chi connectivity index (χ3n) is 2.77. The fourth-order valence-electron chi connectivity index (χ4n) is 1.80. The van der Waals surface area contributed by atoms with Crippen molar-refractivity contribution in [2.24, 2.45) is 5.73 Å². The van der Waals surface area contributed by atoms with Gasteiger partial charge < -0.3 is 5.73 Å². The smallest absolute Gasteiger partial charge is 0.102 e. The van der Waals surface area contributed by atoms with Crippen molar-refractivity contribution in [3.63, 3.8) is 0 Å². The van der Waals surface area contributed by atoms with E-state index in [2.05, 4.69) is 11.1 Å². The van der Waals surface area contributed by atoms with Gasteiger partial charge in [0.25, 0.3) is 0 Å². The molecule has 0 saturated heterocycles. The van der Waals surface area contributed by atoms with Gasteiger partial charge in [-0.25, -0.2) is 0 Å². The second kappa shape index (κ2) is 5.15. The summed E-state index contributed by atoms with van der Waals surface area (Å²) >= 11 is 0. The van der Waals surface area contributed by atoms with Crippen molar-refractivity contribution >= 4 is 11.3 Å². The maximum atomic E-state index is 9.29. The molecule has 0 fully saturated rings. The molecule has 2 N–H and O–H groups in total. The van der Waals surface area contributed by atoms with E-state index in [9.17, 15) is 5.26 Å². The first-order valence-corrected chi connectivity index (χ1v) is 5.60. The zero-order valence-electron chi connectivity index (χ0n) is 10.1. The fraction of sp³-hybridized carbons (Fsp3) is 0.0667. The number of benzene rings is 1. The van der Waals surface area contributed by atoms with Crippen LogP contribution in [0.3, 0.4) is 0 Å². The van der Waals surface area contributed by atoms with Crippen molar-refractivity contribution in [1.29, 1.82) is 5.26 Å². The summed E-state index contributed by atoms with van der Waals surface area (Å²) in [5.74, 6) is 0. The fourth-order valence-corrected chi connectivity index (χ4v) is 1.80. The number of aryl methyl sites for hydroxylation is 1. The van der Waals surface area contributed by atoms with Crippen LogP contribution in [0.5, 0.6) is 0 Å². The molecule has 0 radical (unpaired) electrons. The van der Waals surface area contributed by atoms with Crippen molar-refractivity contribution in [3.8, 4) is 6.07 Å². The van der Waals surface area contributed by atoms with Gasteiger partial charge in [0, 0.05) is 23.5 Å². The lowest BCUT2D eigenvalue weighted by molar-refractivity contribution is 1.31. The predicted octanol–water partition coefficient (Wildman–Crippen LogP) is 2.74. The van der Waals surface area contributed by atoms with Gasteiger partial charge in [0.2, 0.25) is 0 Å². The van der Waals surface area contributed by atoms with Gasteiger partial charge in [-0.05, 0) is 18.6 Å². The van der Waals surface area contributed by atoms with E-state index in [0.29, 0.717) is 11.3 Å². The minimum Gasteiger partial charge on any atom is -0.397 e. The number of rotatable bonds is 2. The van der Waals surface area contributed by atoms with E-state index in [0.717, 1.165) is 16.7 Å². The van der Waals surface area contributed by atoms with Gasteiger partial charge in [-0.15, -0.1) is 0 Å². The molecule has 2 aromatic rings. The molecule has 1 aromatic heterocycles. The highest BCUT2D eigenvalue weighted by molar-refractivity contribution is 5.96. The molecule has 2 rings (SSSR count). The molecule has 0 atom stereocenters. The molecule has 0 aliphatic carbocycles. The first-order chi connectivity index (χ1) is 8.74. The van der Waals surface area contributed by atoms with Crippen LogP contribution in [-0.4, -0.2) is 4.98 Å². The molecular weight excluding hydrogens is 222 g/mol. The van der Waals surface area contributed by atoms with E-state index < -0.39 is 0 Å². The average Bonchev–Trinajstić information content (AvgIpc) is 2.41. The van der Waals surface area contributed by atoms with E-state index in [-0.39, 0.29) is 0 Å². The summed E-state index contributed by atoms with van der Waals surface area (Å²) in [6.45, 7) is 1.97. The van der Waals surface area contributed by atoms with Crippen LogP contribution in [0.25, 0.3) is 11.3 Å². The predicted molar refractivity (Wildman–Crippen MR) is 72.0 cm³/mol. The molecule has 1 heterocycles. The SMILES string of the molecule is Cc1ccccc1/C(N)=C(/C#N)c1cccnc1. The highest BCUT2D eigenvalue weighted by Gasteiger charge is 2.09. The van der Waals surface area contributed by atoms with Crippen LogP contribution in [-0.2, 0) is 0 Å². The Bertz CT molecular complexity index is 622. The summed E-state index contributed by atoms with van der Waals surface area (Å²) in [7, 11) is 0. The molecule has 3 heteroatoms. The molecule has 0 bridgehead atoms. The third kappa shape index (κ3) is 2.23. The Morgan fingerprint density at radius 1 is 1.22 bits per heavy atom. The maximum absolute atomic E-state index is 9.29. The first kappa shape index (κ1) is 11.9. The molecule has 0 aliphatic rings. The second-order valence-corrected chi connectivity index (χ2v) is 3.96. The van der Waals surface area contributed by atoms with Crippen LogP contribution in [0.15, 0.2) is 48.8 Å². The lowest BCUT2D eigenvalue weighted by Gasteiger charge is -2.08. The van der Waals surface area contributed by atoms with E-state index in [1.807, 2.05) is 37.3 Å². The summed E-state index contributed by atoms with van der Waals surface area (Å²) in [6, 6.07) is 13.5. The van der Waals surface area contributed by atoms with Crippen molar-refractivity contribution < 1.29 is 0 Å². The van der Waals surface area contributed by atoms with Crippen molar-refractivity contribution in [2.45, 2.75) is 6.92 Å². The van der Waals surface area contributed by atoms with Gasteiger partial charge >= 0.3 is 0 Å². The quantitative estimate of drug-likeness (QED) is 0.814. The lowest BCUT2D eigenvalue weighted by Crippen LogP contribution is -2.02. The molecule has 0 spiro atoms. The second-order valence-electron chi connectivity index (χ2n) is 3.96. The minimum atomic E-state index is 0.456. The molecule has 0 unspecified atom stereocenters. The number of nitrogens with two attached hydrogens (primary N) is 1. The molecule has 0 amide bonds. The third-order valence-corrected chi connectivity index (χ3v) is 2.77. The Hall–Kier alpha value is -2.60. The molecule has 88 valence electrons. The van der Waals surface area contributed by atoms with E-state index in [4.69, 9.17) is 5.73 Å². The molecule has 18 heavy (non-hydrogen) atoms. The van der Waals surface area contributed by atoms with Crippen LogP contribution in [0.4, 0.5) is 0 Å². The molecule has 0 aliphatic heterocycles. The summed E-state index contributed by atoms with van der Waals surface area (Å²) in [4.78, 5) is 4.01.